The molecule has 0 unspecified atom stereocenters. The fraction of sp³-hybridized carbons (Fsp3) is 0.526. The van der Waals surface area contributed by atoms with E-state index >= 15 is 0 Å². The molecule has 1 aliphatic carbocycles. The topological polar surface area (TPSA) is 86.7 Å². The molecular formula is C19H26N2O4. The van der Waals surface area contributed by atoms with E-state index in [1.165, 1.54) is 0 Å². The van der Waals surface area contributed by atoms with Crippen molar-refractivity contribution in [3.63, 3.8) is 0 Å². The van der Waals surface area contributed by atoms with Crippen molar-refractivity contribution in [2.24, 2.45) is 11.8 Å². The molecule has 2 N–H and O–H groups in total. The molecule has 25 heavy (non-hydrogen) atoms. The zero-order valence-corrected chi connectivity index (χ0v) is 14.8. The van der Waals surface area contributed by atoms with E-state index < -0.39 is 17.8 Å². The molecule has 1 saturated carbocycles. The number of carboxylic acid groups (broad SMARTS) is 1. The number of rotatable bonds is 6. The second kappa shape index (κ2) is 8.65. The van der Waals surface area contributed by atoms with E-state index in [0.29, 0.717) is 37.2 Å². The van der Waals surface area contributed by atoms with Crippen LogP contribution in [0.15, 0.2) is 24.3 Å². The van der Waals surface area contributed by atoms with Crippen LogP contribution in [0.3, 0.4) is 0 Å². The van der Waals surface area contributed by atoms with Gasteiger partial charge in [-0.05, 0) is 44.9 Å². The van der Waals surface area contributed by atoms with Gasteiger partial charge < -0.3 is 15.3 Å². The van der Waals surface area contributed by atoms with Gasteiger partial charge in [0.1, 0.15) is 0 Å². The second-order valence-corrected chi connectivity index (χ2v) is 6.38. The highest BCUT2D eigenvalue weighted by Crippen LogP contribution is 2.31. The van der Waals surface area contributed by atoms with Crippen LogP contribution in [0.1, 0.15) is 49.9 Å². The maximum atomic E-state index is 12.5. The van der Waals surface area contributed by atoms with Gasteiger partial charge in [0.15, 0.2) is 0 Å². The van der Waals surface area contributed by atoms with Crippen molar-refractivity contribution in [3.8, 4) is 0 Å². The first-order valence-corrected chi connectivity index (χ1v) is 8.90. The summed E-state index contributed by atoms with van der Waals surface area (Å²) in [6.45, 7) is 5.08. The first-order chi connectivity index (χ1) is 12.0. The Kier molecular flexibility index (Phi) is 6.56. The molecule has 2 amide bonds. The number of nitrogens with one attached hydrogen (secondary N) is 1. The van der Waals surface area contributed by atoms with Crippen LogP contribution in [0.5, 0.6) is 0 Å². The minimum Gasteiger partial charge on any atom is -0.481 e. The fourth-order valence-electron chi connectivity index (χ4n) is 3.40. The summed E-state index contributed by atoms with van der Waals surface area (Å²) in [5.74, 6) is -2.42. The highest BCUT2D eigenvalue weighted by atomic mass is 16.4. The van der Waals surface area contributed by atoms with Crippen LogP contribution >= 0.6 is 0 Å². The Morgan fingerprint density at radius 2 is 1.76 bits per heavy atom. The maximum Gasteiger partial charge on any atom is 0.307 e. The normalized spacial score (nSPS) is 19.9. The Hall–Kier alpha value is -2.37. The molecule has 1 fully saturated rings. The molecule has 6 heteroatoms. The number of anilines is 1. The van der Waals surface area contributed by atoms with E-state index in [2.05, 4.69) is 5.32 Å². The van der Waals surface area contributed by atoms with Crippen LogP contribution < -0.4 is 5.32 Å². The van der Waals surface area contributed by atoms with Gasteiger partial charge in [0.25, 0.3) is 5.91 Å². The predicted octanol–water partition coefficient (Wildman–Crippen LogP) is 3.00. The Morgan fingerprint density at radius 3 is 2.36 bits per heavy atom. The minimum atomic E-state index is -0.912. The van der Waals surface area contributed by atoms with Crippen LogP contribution in [-0.4, -0.2) is 40.9 Å². The minimum absolute atomic E-state index is 0.0813. The van der Waals surface area contributed by atoms with Gasteiger partial charge >= 0.3 is 5.97 Å². The van der Waals surface area contributed by atoms with Crippen LogP contribution in [0.2, 0.25) is 0 Å². The zero-order chi connectivity index (χ0) is 18.4. The number of carboxylic acids is 1. The van der Waals surface area contributed by atoms with E-state index in [0.717, 1.165) is 12.8 Å². The Morgan fingerprint density at radius 1 is 1.12 bits per heavy atom. The van der Waals surface area contributed by atoms with Gasteiger partial charge in [-0.15, -0.1) is 0 Å². The second-order valence-electron chi connectivity index (χ2n) is 6.38. The third-order valence-corrected chi connectivity index (χ3v) is 4.85. The summed E-state index contributed by atoms with van der Waals surface area (Å²) in [6.07, 6.45) is 2.83. The van der Waals surface area contributed by atoms with Crippen molar-refractivity contribution in [3.05, 3.63) is 29.8 Å². The summed E-state index contributed by atoms with van der Waals surface area (Å²) in [4.78, 5) is 38.1. The molecular weight excluding hydrogens is 320 g/mol. The average molecular weight is 346 g/mol. The predicted molar refractivity (Wildman–Crippen MR) is 95.4 cm³/mol. The molecule has 1 aromatic carbocycles. The number of carbonyl (C=O) groups excluding carboxylic acids is 2. The molecule has 0 heterocycles. The van der Waals surface area contributed by atoms with Gasteiger partial charge in [-0.25, -0.2) is 0 Å². The number of amides is 2. The smallest absolute Gasteiger partial charge is 0.307 e. The van der Waals surface area contributed by atoms with Crippen molar-refractivity contribution in [2.45, 2.75) is 39.5 Å². The monoisotopic (exact) mass is 346 g/mol. The Labute approximate surface area is 148 Å². The van der Waals surface area contributed by atoms with Gasteiger partial charge in [-0.3, -0.25) is 14.4 Å². The third kappa shape index (κ3) is 4.59. The fourth-order valence-corrected chi connectivity index (χ4v) is 3.40. The summed E-state index contributed by atoms with van der Waals surface area (Å²) in [7, 11) is 0. The van der Waals surface area contributed by atoms with Gasteiger partial charge in [-0.2, -0.15) is 0 Å². The summed E-state index contributed by atoms with van der Waals surface area (Å²) in [6, 6.07) is 6.81. The Balaban J connectivity index is 2.12. The van der Waals surface area contributed by atoms with E-state index in [4.69, 9.17) is 0 Å². The number of hydrogen-bond acceptors (Lipinski definition) is 3. The summed E-state index contributed by atoms with van der Waals surface area (Å²) in [5, 5.41) is 12.1. The van der Waals surface area contributed by atoms with Crippen molar-refractivity contribution in [2.75, 3.05) is 18.4 Å². The molecule has 0 bridgehead atoms. The molecule has 136 valence electrons. The standard InChI is InChI=1S/C19H26N2O4/c1-3-21(4-2)18(23)13-8-7-9-14(12-13)20-17(22)15-10-5-6-11-16(15)19(24)25/h7-9,12,15-16H,3-6,10-11H2,1-2H3,(H,20,22)(H,24,25)/t15-,16+/m0/s1. The zero-order valence-electron chi connectivity index (χ0n) is 14.8. The van der Waals surface area contributed by atoms with Gasteiger partial charge in [0, 0.05) is 24.3 Å². The first-order valence-electron chi connectivity index (χ1n) is 8.90. The Bertz CT molecular complexity index is 640. The lowest BCUT2D eigenvalue weighted by molar-refractivity contribution is -0.147. The van der Waals surface area contributed by atoms with Gasteiger partial charge in [0.2, 0.25) is 5.91 Å². The summed E-state index contributed by atoms with van der Waals surface area (Å²) in [5.41, 5.74) is 1.04. The molecule has 2 rings (SSSR count). The van der Waals surface area contributed by atoms with Crippen LogP contribution in [-0.2, 0) is 9.59 Å². The molecule has 1 aromatic rings. The van der Waals surface area contributed by atoms with Crippen LogP contribution in [0.25, 0.3) is 0 Å². The number of aliphatic carboxylic acids is 1. The highest BCUT2D eigenvalue weighted by Gasteiger charge is 2.35. The third-order valence-electron chi connectivity index (χ3n) is 4.85. The molecule has 0 saturated heterocycles. The molecule has 0 spiro atoms. The lowest BCUT2D eigenvalue weighted by Crippen LogP contribution is -2.36. The SMILES string of the molecule is CCN(CC)C(=O)c1cccc(NC(=O)[C@H]2CCCC[C@H]2C(=O)O)c1. The first kappa shape index (κ1) is 19.0. The molecule has 2 atom stereocenters. The molecule has 0 radical (unpaired) electrons. The largest absolute Gasteiger partial charge is 0.481 e. The lowest BCUT2D eigenvalue weighted by Gasteiger charge is -2.27. The number of benzene rings is 1. The molecule has 0 aromatic heterocycles. The van der Waals surface area contributed by atoms with E-state index in [9.17, 15) is 19.5 Å². The van der Waals surface area contributed by atoms with E-state index in [-0.39, 0.29) is 11.8 Å². The number of nitrogens with zero attached hydrogens (tertiary/aromatic N) is 1. The quantitative estimate of drug-likeness (QED) is 0.829. The van der Waals surface area contributed by atoms with Crippen LogP contribution in [0.4, 0.5) is 5.69 Å². The van der Waals surface area contributed by atoms with Gasteiger partial charge in [0.05, 0.1) is 11.8 Å². The molecule has 1 aliphatic rings. The van der Waals surface area contributed by atoms with Crippen LogP contribution in [0, 0.1) is 11.8 Å². The maximum absolute atomic E-state index is 12.5. The average Bonchev–Trinajstić information content (AvgIpc) is 2.62. The molecule has 0 aliphatic heterocycles. The van der Waals surface area contributed by atoms with E-state index in [1.54, 1.807) is 29.2 Å². The summed E-state index contributed by atoms with van der Waals surface area (Å²) < 4.78 is 0. The number of carbonyl (C=O) groups is 3. The van der Waals surface area contributed by atoms with Crippen molar-refractivity contribution in [1.29, 1.82) is 0 Å². The highest BCUT2D eigenvalue weighted by molar-refractivity contribution is 5.98. The summed E-state index contributed by atoms with van der Waals surface area (Å²) >= 11 is 0. The van der Waals surface area contributed by atoms with Gasteiger partial charge in [-0.1, -0.05) is 18.9 Å². The number of hydrogen-bond donors (Lipinski definition) is 2. The van der Waals surface area contributed by atoms with Crippen molar-refractivity contribution in [1.82, 2.24) is 4.90 Å². The van der Waals surface area contributed by atoms with E-state index in [1.807, 2.05) is 13.8 Å². The lowest BCUT2D eigenvalue weighted by atomic mass is 9.78. The van der Waals surface area contributed by atoms with Crippen molar-refractivity contribution >= 4 is 23.5 Å². The van der Waals surface area contributed by atoms with Crippen molar-refractivity contribution < 1.29 is 19.5 Å². The molecule has 6 nitrogen and oxygen atoms in total.